The number of nitrogen functional groups attached to an aromatic ring is 1. The van der Waals surface area contributed by atoms with Crippen molar-refractivity contribution in [2.45, 2.75) is 70.9 Å². The molecule has 4 rings (SSSR count). The van der Waals surface area contributed by atoms with Crippen LogP contribution in [0.5, 0.6) is 6.01 Å². The molecule has 2 aromatic heterocycles. The molecule has 1 aliphatic heterocycles. The van der Waals surface area contributed by atoms with Crippen molar-refractivity contribution in [3.63, 3.8) is 0 Å². The summed E-state index contributed by atoms with van der Waals surface area (Å²) in [4.78, 5) is 29.1. The quantitative estimate of drug-likeness (QED) is 0.587. The van der Waals surface area contributed by atoms with E-state index in [-0.39, 0.29) is 17.5 Å². The molecule has 0 atom stereocenters. The molecule has 3 heterocycles. The first-order chi connectivity index (χ1) is 15.2. The van der Waals surface area contributed by atoms with Gasteiger partial charge in [-0.05, 0) is 32.2 Å². The number of hydrogen-bond acceptors (Lipinski definition) is 7. The molecule has 31 heavy (non-hydrogen) atoms. The topological polar surface area (TPSA) is 105 Å². The van der Waals surface area contributed by atoms with Crippen LogP contribution in [-0.4, -0.2) is 74.7 Å². The highest BCUT2D eigenvalue weighted by Gasteiger charge is 2.25. The van der Waals surface area contributed by atoms with E-state index in [1.54, 1.807) is 4.57 Å². The van der Waals surface area contributed by atoms with Gasteiger partial charge in [0.15, 0.2) is 11.5 Å². The molecule has 1 aliphatic carbocycles. The maximum atomic E-state index is 12.5. The Kier molecular flexibility index (Phi) is 7.45. The molecule has 9 heteroatoms. The zero-order valence-corrected chi connectivity index (χ0v) is 18.8. The van der Waals surface area contributed by atoms with Gasteiger partial charge in [-0.25, -0.2) is 4.79 Å². The first-order valence-corrected chi connectivity index (χ1v) is 12.0. The Hall–Kier alpha value is -2.13. The summed E-state index contributed by atoms with van der Waals surface area (Å²) in [7, 11) is 0. The number of nitrogens with zero attached hydrogens (tertiary/aromatic N) is 5. The maximum absolute atomic E-state index is 12.5. The predicted molar refractivity (Wildman–Crippen MR) is 122 cm³/mol. The Bertz CT molecular complexity index is 895. The van der Waals surface area contributed by atoms with Crippen LogP contribution in [0.4, 0.5) is 5.82 Å². The number of aryl methyl sites for hydroxylation is 1. The molecule has 1 saturated carbocycles. The molecule has 2 aliphatic rings. The third-order valence-corrected chi connectivity index (χ3v) is 6.71. The van der Waals surface area contributed by atoms with Gasteiger partial charge < -0.3 is 20.4 Å². The first-order valence-electron chi connectivity index (χ1n) is 12.0. The van der Waals surface area contributed by atoms with Crippen molar-refractivity contribution in [3.8, 4) is 6.01 Å². The SMILES string of the molecule is CCCCOc1nc(N)c2[nH]c(=O)n(CCCN3CCN(C4CCCCC4)CC3)c2n1. The number of aromatic nitrogens is 4. The second-order valence-electron chi connectivity index (χ2n) is 8.90. The lowest BCUT2D eigenvalue weighted by atomic mass is 9.94. The zero-order chi connectivity index (χ0) is 21.6. The normalized spacial score (nSPS) is 19.3. The van der Waals surface area contributed by atoms with Gasteiger partial charge in [0, 0.05) is 38.8 Å². The van der Waals surface area contributed by atoms with Crippen LogP contribution in [-0.2, 0) is 6.54 Å². The highest BCUT2D eigenvalue weighted by molar-refractivity contribution is 5.81. The third kappa shape index (κ3) is 5.38. The fraction of sp³-hybridized carbons (Fsp3) is 0.773. The van der Waals surface area contributed by atoms with Crippen LogP contribution in [0.15, 0.2) is 4.79 Å². The lowest BCUT2D eigenvalue weighted by Gasteiger charge is -2.40. The van der Waals surface area contributed by atoms with E-state index >= 15 is 0 Å². The molecule has 0 aromatic carbocycles. The van der Waals surface area contributed by atoms with E-state index < -0.39 is 0 Å². The number of H-pyrrole nitrogens is 1. The highest BCUT2D eigenvalue weighted by Crippen LogP contribution is 2.23. The average molecular weight is 432 g/mol. The number of imidazole rings is 1. The molecular weight excluding hydrogens is 394 g/mol. The van der Waals surface area contributed by atoms with E-state index in [9.17, 15) is 4.79 Å². The van der Waals surface area contributed by atoms with Gasteiger partial charge in [-0.1, -0.05) is 32.6 Å². The van der Waals surface area contributed by atoms with Crippen LogP contribution in [0.3, 0.4) is 0 Å². The summed E-state index contributed by atoms with van der Waals surface area (Å²) < 4.78 is 7.28. The number of piperazine rings is 1. The van der Waals surface area contributed by atoms with E-state index in [0.29, 0.717) is 24.3 Å². The fourth-order valence-corrected chi connectivity index (χ4v) is 4.86. The van der Waals surface area contributed by atoms with Gasteiger partial charge >= 0.3 is 11.7 Å². The average Bonchev–Trinajstić information content (AvgIpc) is 3.11. The molecule has 0 radical (unpaired) electrons. The van der Waals surface area contributed by atoms with E-state index in [2.05, 4.69) is 31.7 Å². The third-order valence-electron chi connectivity index (χ3n) is 6.71. The molecule has 3 N–H and O–H groups in total. The Balaban J connectivity index is 1.31. The highest BCUT2D eigenvalue weighted by atomic mass is 16.5. The van der Waals surface area contributed by atoms with Crippen molar-refractivity contribution in [1.82, 2.24) is 29.3 Å². The minimum atomic E-state index is -0.191. The summed E-state index contributed by atoms with van der Waals surface area (Å²) in [5.74, 6) is 0.256. The zero-order valence-electron chi connectivity index (χ0n) is 18.8. The minimum Gasteiger partial charge on any atom is -0.463 e. The second-order valence-corrected chi connectivity index (χ2v) is 8.90. The van der Waals surface area contributed by atoms with Gasteiger partial charge in [-0.15, -0.1) is 0 Å². The second kappa shape index (κ2) is 10.5. The molecule has 0 bridgehead atoms. The molecule has 2 fully saturated rings. The largest absolute Gasteiger partial charge is 0.463 e. The Morgan fingerprint density at radius 2 is 1.84 bits per heavy atom. The van der Waals surface area contributed by atoms with Gasteiger partial charge in [0.25, 0.3) is 0 Å². The number of aromatic amines is 1. The molecule has 0 spiro atoms. The number of fused-ring (bicyclic) bond motifs is 1. The number of nitrogens with one attached hydrogen (secondary N) is 1. The van der Waals surface area contributed by atoms with E-state index in [0.717, 1.165) is 44.9 Å². The number of unbranched alkanes of at least 4 members (excludes halogenated alkanes) is 1. The molecule has 2 aromatic rings. The Morgan fingerprint density at radius 1 is 1.06 bits per heavy atom. The standard InChI is InChI=1S/C22H37N7O2/c1-2-3-16-31-21-25-19(23)18-20(26-21)29(22(30)24-18)11-7-10-27-12-14-28(15-13-27)17-8-5-4-6-9-17/h17H,2-16H2,1H3,(H,24,30)(H2,23,25,26). The van der Waals surface area contributed by atoms with Crippen molar-refractivity contribution < 1.29 is 4.74 Å². The van der Waals surface area contributed by atoms with Crippen molar-refractivity contribution in [3.05, 3.63) is 10.5 Å². The molecule has 0 amide bonds. The van der Waals surface area contributed by atoms with Crippen LogP contribution >= 0.6 is 0 Å². The number of anilines is 1. The summed E-state index contributed by atoms with van der Waals surface area (Å²) in [5, 5.41) is 0. The van der Waals surface area contributed by atoms with E-state index in [4.69, 9.17) is 10.5 Å². The summed E-state index contributed by atoms with van der Waals surface area (Å²) in [6.45, 7) is 8.79. The van der Waals surface area contributed by atoms with Crippen LogP contribution in [0.25, 0.3) is 11.2 Å². The van der Waals surface area contributed by atoms with E-state index in [1.807, 2.05) is 0 Å². The molecule has 9 nitrogen and oxygen atoms in total. The Morgan fingerprint density at radius 3 is 2.58 bits per heavy atom. The van der Waals surface area contributed by atoms with Gasteiger partial charge in [0.1, 0.15) is 5.52 Å². The van der Waals surface area contributed by atoms with Gasteiger partial charge in [-0.3, -0.25) is 9.47 Å². The van der Waals surface area contributed by atoms with Gasteiger partial charge in [0.05, 0.1) is 6.61 Å². The number of rotatable bonds is 9. The lowest BCUT2D eigenvalue weighted by molar-refractivity contribution is 0.0779. The van der Waals surface area contributed by atoms with Gasteiger partial charge in [0.2, 0.25) is 0 Å². The summed E-state index contributed by atoms with van der Waals surface area (Å²) in [5.41, 5.74) is 6.87. The van der Waals surface area contributed by atoms with Crippen molar-refractivity contribution in [1.29, 1.82) is 0 Å². The maximum Gasteiger partial charge on any atom is 0.327 e. The summed E-state index contributed by atoms with van der Waals surface area (Å²) in [6.07, 6.45) is 9.79. The van der Waals surface area contributed by atoms with Crippen LogP contribution in [0, 0.1) is 0 Å². The molecule has 0 unspecified atom stereocenters. The summed E-state index contributed by atoms with van der Waals surface area (Å²) >= 11 is 0. The lowest BCUT2D eigenvalue weighted by Crippen LogP contribution is -2.50. The summed E-state index contributed by atoms with van der Waals surface area (Å²) in [6, 6.07) is 1.05. The van der Waals surface area contributed by atoms with Crippen molar-refractivity contribution in [2.75, 3.05) is 45.1 Å². The molecular formula is C22H37N7O2. The first kappa shape index (κ1) is 22.1. The monoisotopic (exact) mass is 431 g/mol. The number of ether oxygens (including phenoxy) is 1. The van der Waals surface area contributed by atoms with Crippen LogP contribution in [0.2, 0.25) is 0 Å². The smallest absolute Gasteiger partial charge is 0.327 e. The fourth-order valence-electron chi connectivity index (χ4n) is 4.86. The van der Waals surface area contributed by atoms with E-state index in [1.165, 1.54) is 45.2 Å². The van der Waals surface area contributed by atoms with Crippen LogP contribution in [0.1, 0.15) is 58.3 Å². The van der Waals surface area contributed by atoms with Gasteiger partial charge in [-0.2, -0.15) is 9.97 Å². The predicted octanol–water partition coefficient (Wildman–Crippen LogP) is 2.22. The molecule has 172 valence electrons. The molecule has 1 saturated heterocycles. The van der Waals surface area contributed by atoms with Crippen molar-refractivity contribution in [2.24, 2.45) is 0 Å². The number of nitrogens with two attached hydrogens (primary N) is 1. The number of hydrogen-bond donors (Lipinski definition) is 2. The Labute approximate surface area is 184 Å². The minimum absolute atomic E-state index is 0.191. The van der Waals surface area contributed by atoms with Crippen LogP contribution < -0.4 is 16.2 Å². The van der Waals surface area contributed by atoms with Crippen molar-refractivity contribution >= 4 is 17.0 Å².